The number of benzene rings is 1. The second kappa shape index (κ2) is 7.96. The Morgan fingerprint density at radius 3 is 2.46 bits per heavy atom. The molecule has 1 aromatic heterocycles. The number of carbonyl (C=O) groups is 1. The first-order chi connectivity index (χ1) is 12.6. The van der Waals surface area contributed by atoms with Gasteiger partial charge in [-0.05, 0) is 31.4 Å². The molecule has 3 rings (SSSR count). The van der Waals surface area contributed by atoms with E-state index in [2.05, 4.69) is 21.2 Å². The molecule has 26 heavy (non-hydrogen) atoms. The number of piperazine rings is 1. The van der Waals surface area contributed by atoms with Crippen LogP contribution in [0.15, 0.2) is 30.3 Å². The van der Waals surface area contributed by atoms with Crippen molar-refractivity contribution in [2.45, 2.75) is 26.7 Å². The second-order valence-corrected chi connectivity index (χ2v) is 6.57. The third-order valence-electron chi connectivity index (χ3n) is 4.95. The fourth-order valence-corrected chi connectivity index (χ4v) is 3.17. The fourth-order valence-electron chi connectivity index (χ4n) is 3.17. The van der Waals surface area contributed by atoms with Gasteiger partial charge in [-0.2, -0.15) is 10.4 Å². The maximum Gasteiger partial charge on any atom is 0.223 e. The third-order valence-corrected chi connectivity index (χ3v) is 4.95. The number of amides is 1. The topological polar surface area (TPSA) is 73.1 Å². The zero-order chi connectivity index (χ0) is 18.5. The van der Waals surface area contributed by atoms with Gasteiger partial charge in [0.05, 0.1) is 5.69 Å². The number of aromatic nitrogens is 2. The van der Waals surface area contributed by atoms with Crippen LogP contribution in [-0.2, 0) is 11.2 Å². The maximum atomic E-state index is 12.5. The standard InChI is InChI=1S/C20H23N5O/c1-15-16(2)22-23-20(18(15)14-21)25-12-10-24(11-13-25)19(26)9-8-17-6-4-3-5-7-17/h3-7H,8-13H2,1-2H3. The van der Waals surface area contributed by atoms with Crippen LogP contribution < -0.4 is 4.90 Å². The predicted molar refractivity (Wildman–Crippen MR) is 99.8 cm³/mol. The highest BCUT2D eigenvalue weighted by Gasteiger charge is 2.24. The van der Waals surface area contributed by atoms with Crippen LogP contribution in [0.1, 0.15) is 28.8 Å². The Morgan fingerprint density at radius 1 is 1.12 bits per heavy atom. The van der Waals surface area contributed by atoms with Crippen molar-refractivity contribution >= 4 is 11.7 Å². The van der Waals surface area contributed by atoms with Crippen molar-refractivity contribution in [3.05, 3.63) is 52.7 Å². The molecule has 2 aromatic rings. The van der Waals surface area contributed by atoms with Crippen LogP contribution in [0.3, 0.4) is 0 Å². The lowest BCUT2D eigenvalue weighted by Crippen LogP contribution is -2.49. The minimum atomic E-state index is 0.181. The summed E-state index contributed by atoms with van der Waals surface area (Å²) in [5.41, 5.74) is 3.42. The molecule has 0 aliphatic carbocycles. The van der Waals surface area contributed by atoms with Crippen LogP contribution in [0, 0.1) is 25.2 Å². The van der Waals surface area contributed by atoms with Gasteiger partial charge in [0, 0.05) is 32.6 Å². The van der Waals surface area contributed by atoms with E-state index in [1.807, 2.05) is 49.1 Å². The molecule has 1 saturated heterocycles. The van der Waals surface area contributed by atoms with Crippen LogP contribution in [0.25, 0.3) is 0 Å². The van der Waals surface area contributed by atoms with Crippen molar-refractivity contribution in [1.82, 2.24) is 15.1 Å². The first-order valence-corrected chi connectivity index (χ1v) is 8.90. The van der Waals surface area contributed by atoms with Gasteiger partial charge in [-0.25, -0.2) is 0 Å². The van der Waals surface area contributed by atoms with Crippen molar-refractivity contribution in [3.8, 4) is 6.07 Å². The molecule has 2 heterocycles. The SMILES string of the molecule is Cc1nnc(N2CCN(C(=O)CCc3ccccc3)CC2)c(C#N)c1C. The van der Waals surface area contributed by atoms with Gasteiger partial charge in [0.2, 0.25) is 5.91 Å². The van der Waals surface area contributed by atoms with Crippen LogP contribution in [0.2, 0.25) is 0 Å². The summed E-state index contributed by atoms with van der Waals surface area (Å²) in [6.07, 6.45) is 1.29. The van der Waals surface area contributed by atoms with Gasteiger partial charge in [0.1, 0.15) is 11.6 Å². The normalized spacial score (nSPS) is 14.2. The van der Waals surface area contributed by atoms with E-state index in [-0.39, 0.29) is 5.91 Å². The van der Waals surface area contributed by atoms with Gasteiger partial charge in [-0.1, -0.05) is 30.3 Å². The van der Waals surface area contributed by atoms with E-state index < -0.39 is 0 Å². The summed E-state index contributed by atoms with van der Waals surface area (Å²) < 4.78 is 0. The highest BCUT2D eigenvalue weighted by molar-refractivity contribution is 5.77. The van der Waals surface area contributed by atoms with Crippen LogP contribution in [0.5, 0.6) is 0 Å². The van der Waals surface area contributed by atoms with Crippen molar-refractivity contribution in [1.29, 1.82) is 5.26 Å². The van der Waals surface area contributed by atoms with Gasteiger partial charge >= 0.3 is 0 Å². The molecule has 0 atom stereocenters. The van der Waals surface area contributed by atoms with Gasteiger partial charge in [-0.15, -0.1) is 5.10 Å². The number of rotatable bonds is 4. The first kappa shape index (κ1) is 17.9. The molecule has 1 aromatic carbocycles. The molecule has 0 unspecified atom stereocenters. The van der Waals surface area contributed by atoms with E-state index in [1.165, 1.54) is 5.56 Å². The Bertz CT molecular complexity index is 820. The number of hydrogen-bond acceptors (Lipinski definition) is 5. The molecule has 1 aliphatic heterocycles. The van der Waals surface area contributed by atoms with Gasteiger partial charge < -0.3 is 9.80 Å². The summed E-state index contributed by atoms with van der Waals surface area (Å²) in [4.78, 5) is 16.4. The quantitative estimate of drug-likeness (QED) is 0.846. The lowest BCUT2D eigenvalue weighted by atomic mass is 10.1. The Balaban J connectivity index is 1.58. The van der Waals surface area contributed by atoms with Gasteiger partial charge in [-0.3, -0.25) is 4.79 Å². The average molecular weight is 349 g/mol. The maximum absolute atomic E-state index is 12.5. The van der Waals surface area contributed by atoms with E-state index in [4.69, 9.17) is 0 Å². The zero-order valence-corrected chi connectivity index (χ0v) is 15.3. The van der Waals surface area contributed by atoms with Crippen molar-refractivity contribution in [2.75, 3.05) is 31.1 Å². The molecule has 0 bridgehead atoms. The van der Waals surface area contributed by atoms with E-state index in [1.54, 1.807) is 0 Å². The summed E-state index contributed by atoms with van der Waals surface area (Å²) >= 11 is 0. The smallest absolute Gasteiger partial charge is 0.223 e. The van der Waals surface area contributed by atoms with E-state index in [0.29, 0.717) is 44.0 Å². The predicted octanol–water partition coefficient (Wildman–Crippen LogP) is 2.25. The average Bonchev–Trinajstić information content (AvgIpc) is 2.69. The van der Waals surface area contributed by atoms with Crippen LogP contribution in [-0.4, -0.2) is 47.2 Å². The summed E-state index contributed by atoms with van der Waals surface area (Å²) in [5.74, 6) is 0.812. The molecule has 1 fully saturated rings. The Hall–Kier alpha value is -2.94. The zero-order valence-electron chi connectivity index (χ0n) is 15.3. The molecule has 0 N–H and O–H groups in total. The van der Waals surface area contributed by atoms with Crippen LogP contribution in [0.4, 0.5) is 5.82 Å². The summed E-state index contributed by atoms with van der Waals surface area (Å²) in [6, 6.07) is 12.3. The Morgan fingerprint density at radius 2 is 1.81 bits per heavy atom. The minimum Gasteiger partial charge on any atom is -0.350 e. The third kappa shape index (κ3) is 3.83. The highest BCUT2D eigenvalue weighted by atomic mass is 16.2. The Kier molecular flexibility index (Phi) is 5.47. The fraction of sp³-hybridized carbons (Fsp3) is 0.400. The number of hydrogen-bond donors (Lipinski definition) is 0. The number of aryl methyl sites for hydroxylation is 2. The molecule has 1 aliphatic rings. The van der Waals surface area contributed by atoms with Crippen molar-refractivity contribution in [3.63, 3.8) is 0 Å². The minimum absolute atomic E-state index is 0.181. The monoisotopic (exact) mass is 349 g/mol. The molecular weight excluding hydrogens is 326 g/mol. The summed E-state index contributed by atoms with van der Waals surface area (Å²) in [5, 5.41) is 17.8. The first-order valence-electron chi connectivity index (χ1n) is 8.90. The molecule has 134 valence electrons. The molecule has 1 amide bonds. The summed E-state index contributed by atoms with van der Waals surface area (Å²) in [6.45, 7) is 6.39. The Labute approximate surface area is 154 Å². The molecule has 0 saturated carbocycles. The van der Waals surface area contributed by atoms with Crippen LogP contribution >= 0.6 is 0 Å². The second-order valence-electron chi connectivity index (χ2n) is 6.57. The van der Waals surface area contributed by atoms with Crippen molar-refractivity contribution in [2.24, 2.45) is 0 Å². The molecule has 0 spiro atoms. The molecule has 6 nitrogen and oxygen atoms in total. The number of anilines is 1. The van der Waals surface area contributed by atoms with Gasteiger partial charge in [0.25, 0.3) is 0 Å². The van der Waals surface area contributed by atoms with Gasteiger partial charge in [0.15, 0.2) is 5.82 Å². The number of nitriles is 1. The largest absolute Gasteiger partial charge is 0.350 e. The highest BCUT2D eigenvalue weighted by Crippen LogP contribution is 2.22. The lowest BCUT2D eigenvalue weighted by Gasteiger charge is -2.35. The molecule has 0 radical (unpaired) electrons. The summed E-state index contributed by atoms with van der Waals surface area (Å²) in [7, 11) is 0. The molecular formula is C20H23N5O. The lowest BCUT2D eigenvalue weighted by molar-refractivity contribution is -0.131. The number of nitrogens with zero attached hydrogens (tertiary/aromatic N) is 5. The molecule has 6 heteroatoms. The van der Waals surface area contributed by atoms with E-state index in [9.17, 15) is 10.1 Å². The number of carbonyl (C=O) groups excluding carboxylic acids is 1. The van der Waals surface area contributed by atoms with Crippen molar-refractivity contribution < 1.29 is 4.79 Å². The van der Waals surface area contributed by atoms with E-state index in [0.717, 1.165) is 17.7 Å². The van der Waals surface area contributed by atoms with E-state index >= 15 is 0 Å².